The Labute approximate surface area is 179 Å². The molecule has 0 radical (unpaired) electrons. The molecule has 0 bridgehead atoms. The number of carboxylic acid groups (broad SMARTS) is 1. The maximum atomic E-state index is 13.9. The second kappa shape index (κ2) is 8.57. The molecule has 1 N–H and O–H groups in total. The molecule has 2 heterocycles. The number of rotatable bonds is 6. The van der Waals surface area contributed by atoms with E-state index in [1.807, 2.05) is 0 Å². The van der Waals surface area contributed by atoms with Crippen molar-refractivity contribution in [2.75, 3.05) is 0 Å². The van der Waals surface area contributed by atoms with Gasteiger partial charge in [-0.2, -0.15) is 0 Å². The Balaban J connectivity index is 1.62. The standard InChI is InChI=1S/C21H14ClF2N3O4/c22-14-2-4-18(30-10-12-1-3-15(23)8-17(12)24)13(7-14)9-27-6-5-16-19(27)25-11-26-20(16)31-21(28)29/h1-8,11H,9-10H2,(H,28,29). The van der Waals surface area contributed by atoms with Gasteiger partial charge in [0, 0.05) is 28.4 Å². The molecule has 158 valence electrons. The van der Waals surface area contributed by atoms with Gasteiger partial charge in [0.25, 0.3) is 0 Å². The summed E-state index contributed by atoms with van der Waals surface area (Å²) in [6.07, 6.45) is 1.41. The Kier molecular flexibility index (Phi) is 5.68. The number of hydrogen-bond donors (Lipinski definition) is 1. The van der Waals surface area contributed by atoms with Crippen molar-refractivity contribution in [3.63, 3.8) is 0 Å². The van der Waals surface area contributed by atoms with Crippen LogP contribution in [0.5, 0.6) is 11.6 Å². The van der Waals surface area contributed by atoms with E-state index in [0.717, 1.165) is 12.1 Å². The molecule has 0 spiro atoms. The number of benzene rings is 2. The van der Waals surface area contributed by atoms with E-state index in [9.17, 15) is 13.6 Å². The average molecular weight is 446 g/mol. The average Bonchev–Trinajstić information content (AvgIpc) is 3.12. The number of ether oxygens (including phenoxy) is 2. The summed E-state index contributed by atoms with van der Waals surface area (Å²) in [5.74, 6) is -0.993. The molecule has 31 heavy (non-hydrogen) atoms. The molecule has 2 aromatic heterocycles. The fourth-order valence-electron chi connectivity index (χ4n) is 3.06. The van der Waals surface area contributed by atoms with Crippen molar-refractivity contribution in [1.82, 2.24) is 14.5 Å². The van der Waals surface area contributed by atoms with Gasteiger partial charge in [-0.15, -0.1) is 0 Å². The molecule has 0 aliphatic heterocycles. The van der Waals surface area contributed by atoms with Crippen LogP contribution >= 0.6 is 11.6 Å². The number of fused-ring (bicyclic) bond motifs is 1. The first kappa shape index (κ1) is 20.5. The first-order valence-corrected chi connectivity index (χ1v) is 9.34. The molecule has 2 aromatic carbocycles. The molecule has 0 fully saturated rings. The molecule has 0 amide bonds. The molecular formula is C21H14ClF2N3O4. The molecular weight excluding hydrogens is 432 g/mol. The second-order valence-corrected chi connectivity index (χ2v) is 6.94. The van der Waals surface area contributed by atoms with Crippen molar-refractivity contribution in [3.8, 4) is 11.6 Å². The highest BCUT2D eigenvalue weighted by Gasteiger charge is 2.14. The Bertz CT molecular complexity index is 1280. The monoisotopic (exact) mass is 445 g/mol. The molecule has 0 saturated carbocycles. The highest BCUT2D eigenvalue weighted by Crippen LogP contribution is 2.28. The maximum Gasteiger partial charge on any atom is 0.512 e. The first-order chi connectivity index (χ1) is 14.9. The fraction of sp³-hybridized carbons (Fsp3) is 0.0952. The minimum Gasteiger partial charge on any atom is -0.488 e. The number of halogens is 3. The summed E-state index contributed by atoms with van der Waals surface area (Å²) in [5.41, 5.74) is 1.32. The SMILES string of the molecule is O=C(O)Oc1ncnc2c1ccn2Cc1cc(Cl)ccc1OCc1ccc(F)cc1F. The van der Waals surface area contributed by atoms with Crippen LogP contribution < -0.4 is 9.47 Å². The topological polar surface area (TPSA) is 86.5 Å². The Morgan fingerprint density at radius 3 is 2.71 bits per heavy atom. The zero-order valence-corrected chi connectivity index (χ0v) is 16.5. The molecule has 0 aliphatic carbocycles. The van der Waals surface area contributed by atoms with Crippen LogP contribution in [0.3, 0.4) is 0 Å². The van der Waals surface area contributed by atoms with Crippen LogP contribution in [0.4, 0.5) is 13.6 Å². The van der Waals surface area contributed by atoms with E-state index in [1.165, 1.54) is 12.4 Å². The number of aromatic nitrogens is 3. The zero-order valence-electron chi connectivity index (χ0n) is 15.8. The van der Waals surface area contributed by atoms with Gasteiger partial charge in [-0.25, -0.2) is 23.5 Å². The van der Waals surface area contributed by atoms with Gasteiger partial charge in [0.05, 0.1) is 11.9 Å². The Hall–Kier alpha value is -3.72. The highest BCUT2D eigenvalue weighted by molar-refractivity contribution is 6.30. The van der Waals surface area contributed by atoms with Gasteiger partial charge in [0.15, 0.2) is 0 Å². The van der Waals surface area contributed by atoms with E-state index < -0.39 is 17.8 Å². The van der Waals surface area contributed by atoms with Gasteiger partial charge in [-0.05, 0) is 36.4 Å². The quantitative estimate of drug-likeness (QED) is 0.418. The Morgan fingerprint density at radius 2 is 1.94 bits per heavy atom. The molecule has 0 atom stereocenters. The summed E-state index contributed by atoms with van der Waals surface area (Å²) < 4.78 is 39.2. The lowest BCUT2D eigenvalue weighted by Crippen LogP contribution is -2.06. The summed E-state index contributed by atoms with van der Waals surface area (Å²) >= 11 is 6.14. The smallest absolute Gasteiger partial charge is 0.488 e. The van der Waals surface area contributed by atoms with Crippen LogP contribution in [-0.4, -0.2) is 25.8 Å². The van der Waals surface area contributed by atoms with Gasteiger partial charge in [-0.3, -0.25) is 0 Å². The van der Waals surface area contributed by atoms with Crippen LogP contribution in [-0.2, 0) is 13.2 Å². The molecule has 0 unspecified atom stereocenters. The van der Waals surface area contributed by atoms with E-state index in [-0.39, 0.29) is 24.6 Å². The third-order valence-corrected chi connectivity index (χ3v) is 4.70. The lowest BCUT2D eigenvalue weighted by molar-refractivity contribution is 0.143. The molecule has 4 aromatic rings. The summed E-state index contributed by atoms with van der Waals surface area (Å²) in [4.78, 5) is 18.9. The minimum absolute atomic E-state index is 0.0781. The predicted molar refractivity (Wildman–Crippen MR) is 107 cm³/mol. The van der Waals surface area contributed by atoms with Gasteiger partial charge >= 0.3 is 6.16 Å². The van der Waals surface area contributed by atoms with Crippen molar-refractivity contribution < 1.29 is 28.2 Å². The lowest BCUT2D eigenvalue weighted by atomic mass is 10.2. The lowest BCUT2D eigenvalue weighted by Gasteiger charge is -2.14. The summed E-state index contributed by atoms with van der Waals surface area (Å²) in [6.45, 7) is 0.167. The van der Waals surface area contributed by atoms with E-state index in [4.69, 9.17) is 21.4 Å². The number of nitrogens with zero attached hydrogens (tertiary/aromatic N) is 3. The third-order valence-electron chi connectivity index (χ3n) is 4.47. The highest BCUT2D eigenvalue weighted by atomic mass is 35.5. The van der Waals surface area contributed by atoms with Crippen molar-refractivity contribution >= 4 is 28.8 Å². The summed E-state index contributed by atoms with van der Waals surface area (Å²) in [6, 6.07) is 9.89. The zero-order chi connectivity index (χ0) is 22.0. The second-order valence-electron chi connectivity index (χ2n) is 6.50. The van der Waals surface area contributed by atoms with Gasteiger partial charge in [-0.1, -0.05) is 11.6 Å². The van der Waals surface area contributed by atoms with E-state index in [1.54, 1.807) is 35.0 Å². The molecule has 10 heteroatoms. The number of hydrogen-bond acceptors (Lipinski definition) is 5. The summed E-state index contributed by atoms with van der Waals surface area (Å²) in [5, 5.41) is 9.74. The molecule has 0 saturated heterocycles. The third kappa shape index (κ3) is 4.56. The Morgan fingerprint density at radius 1 is 1.10 bits per heavy atom. The van der Waals surface area contributed by atoms with E-state index >= 15 is 0 Å². The van der Waals surface area contributed by atoms with Crippen LogP contribution in [0.25, 0.3) is 11.0 Å². The number of carbonyl (C=O) groups is 1. The van der Waals surface area contributed by atoms with Gasteiger partial charge in [0.2, 0.25) is 5.88 Å². The van der Waals surface area contributed by atoms with Crippen LogP contribution in [0.1, 0.15) is 11.1 Å². The van der Waals surface area contributed by atoms with Crippen LogP contribution in [0, 0.1) is 11.6 Å². The molecule has 7 nitrogen and oxygen atoms in total. The van der Waals surface area contributed by atoms with Crippen molar-refractivity contribution in [3.05, 3.63) is 82.8 Å². The van der Waals surface area contributed by atoms with Gasteiger partial charge in [0.1, 0.15) is 36.0 Å². The van der Waals surface area contributed by atoms with Crippen molar-refractivity contribution in [2.24, 2.45) is 0 Å². The maximum absolute atomic E-state index is 13.9. The van der Waals surface area contributed by atoms with E-state index in [0.29, 0.717) is 27.4 Å². The first-order valence-electron chi connectivity index (χ1n) is 8.96. The molecule has 4 rings (SSSR count). The van der Waals surface area contributed by atoms with E-state index in [2.05, 4.69) is 14.7 Å². The predicted octanol–water partition coefficient (Wildman–Crippen LogP) is 5.05. The largest absolute Gasteiger partial charge is 0.512 e. The normalized spacial score (nSPS) is 10.9. The van der Waals surface area contributed by atoms with Crippen LogP contribution in [0.15, 0.2) is 55.0 Å². The van der Waals surface area contributed by atoms with Crippen molar-refractivity contribution in [1.29, 1.82) is 0 Å². The van der Waals surface area contributed by atoms with Crippen LogP contribution in [0.2, 0.25) is 5.02 Å². The summed E-state index contributed by atoms with van der Waals surface area (Å²) in [7, 11) is 0. The fourth-order valence-corrected chi connectivity index (χ4v) is 3.26. The minimum atomic E-state index is -1.48. The van der Waals surface area contributed by atoms with Gasteiger partial charge < -0.3 is 19.1 Å². The molecule has 0 aliphatic rings. The van der Waals surface area contributed by atoms with Crippen molar-refractivity contribution in [2.45, 2.75) is 13.2 Å².